The van der Waals surface area contributed by atoms with Gasteiger partial charge in [-0.15, -0.1) is 0 Å². The van der Waals surface area contributed by atoms with Crippen LogP contribution in [0.5, 0.6) is 0 Å². The molecule has 0 aliphatic carbocycles. The minimum Gasteiger partial charge on any atom is -0.300 e. The maximum absolute atomic E-state index is 4.45. The van der Waals surface area contributed by atoms with Gasteiger partial charge in [-0.25, -0.2) is 0 Å². The van der Waals surface area contributed by atoms with Crippen molar-refractivity contribution in [3.8, 4) is 0 Å². The summed E-state index contributed by atoms with van der Waals surface area (Å²) in [5, 5.41) is 6.52. The molecule has 1 aliphatic rings. The molecule has 1 heterocycles. The van der Waals surface area contributed by atoms with E-state index in [4.69, 9.17) is 0 Å². The molecule has 1 aliphatic heterocycles. The maximum Gasteiger partial charge on any atom is 0.0356 e. The van der Waals surface area contributed by atoms with Gasteiger partial charge in [-0.2, -0.15) is 5.10 Å². The molecule has 11 heavy (non-hydrogen) atoms. The summed E-state index contributed by atoms with van der Waals surface area (Å²) in [6.45, 7) is 3.25. The van der Waals surface area contributed by atoms with Gasteiger partial charge in [-0.3, -0.25) is 0 Å². The van der Waals surface area contributed by atoms with E-state index in [-0.39, 0.29) is 0 Å². The summed E-state index contributed by atoms with van der Waals surface area (Å²) in [7, 11) is 2.06. The number of nitrogens with zero attached hydrogens (tertiary/aromatic N) is 2. The summed E-state index contributed by atoms with van der Waals surface area (Å²) in [5.41, 5.74) is 1.29. The van der Waals surface area contributed by atoms with Crippen LogP contribution in [0.15, 0.2) is 5.10 Å². The van der Waals surface area contributed by atoms with Crippen molar-refractivity contribution in [1.82, 2.24) is 5.01 Å². The Kier molecular flexibility index (Phi) is 3.40. The highest BCUT2D eigenvalue weighted by atomic mass is 15.4. The lowest BCUT2D eigenvalue weighted by molar-refractivity contribution is 0.345. The molecule has 1 rings (SSSR count). The van der Waals surface area contributed by atoms with E-state index in [0.717, 1.165) is 6.54 Å². The van der Waals surface area contributed by atoms with Crippen LogP contribution in [0, 0.1) is 0 Å². The Balaban J connectivity index is 2.43. The average molecular weight is 154 g/mol. The van der Waals surface area contributed by atoms with Crippen LogP contribution in [0.2, 0.25) is 0 Å². The third-order valence-corrected chi connectivity index (χ3v) is 2.11. The fourth-order valence-corrected chi connectivity index (χ4v) is 1.47. The molecule has 2 heteroatoms. The first-order valence-corrected chi connectivity index (χ1v) is 4.54. The van der Waals surface area contributed by atoms with Gasteiger partial charge < -0.3 is 5.01 Å². The van der Waals surface area contributed by atoms with Crippen LogP contribution >= 0.6 is 0 Å². The van der Waals surface area contributed by atoms with Crippen LogP contribution in [0.3, 0.4) is 0 Å². The number of hydrogen-bond donors (Lipinski definition) is 0. The predicted octanol–water partition coefficient (Wildman–Crippen LogP) is 2.26. The van der Waals surface area contributed by atoms with Crippen molar-refractivity contribution in [1.29, 1.82) is 0 Å². The first-order valence-electron chi connectivity index (χ1n) is 4.54. The summed E-state index contributed by atoms with van der Waals surface area (Å²) in [4.78, 5) is 0. The fraction of sp³-hybridized carbons (Fsp3) is 0.889. The molecule has 0 fully saturated rings. The topological polar surface area (TPSA) is 15.6 Å². The Bertz CT molecular complexity index is 140. The van der Waals surface area contributed by atoms with Crippen molar-refractivity contribution in [3.63, 3.8) is 0 Å². The van der Waals surface area contributed by atoms with Crippen molar-refractivity contribution in [2.24, 2.45) is 5.10 Å². The van der Waals surface area contributed by atoms with Gasteiger partial charge in [-0.05, 0) is 26.2 Å². The molecule has 0 saturated carbocycles. The van der Waals surface area contributed by atoms with Gasteiger partial charge in [0, 0.05) is 19.3 Å². The van der Waals surface area contributed by atoms with E-state index >= 15 is 0 Å². The molecule has 0 atom stereocenters. The van der Waals surface area contributed by atoms with E-state index in [9.17, 15) is 0 Å². The van der Waals surface area contributed by atoms with Gasteiger partial charge >= 0.3 is 0 Å². The zero-order chi connectivity index (χ0) is 8.10. The summed E-state index contributed by atoms with van der Waals surface area (Å²) in [6.07, 6.45) is 6.55. The van der Waals surface area contributed by atoms with Gasteiger partial charge in [-0.1, -0.05) is 12.8 Å². The van der Waals surface area contributed by atoms with E-state index in [1.54, 1.807) is 0 Å². The Labute approximate surface area is 69.3 Å². The number of rotatable bonds is 0. The monoisotopic (exact) mass is 154 g/mol. The van der Waals surface area contributed by atoms with Crippen molar-refractivity contribution >= 4 is 5.71 Å². The zero-order valence-corrected chi connectivity index (χ0v) is 7.64. The molecule has 0 spiro atoms. The van der Waals surface area contributed by atoms with Crippen molar-refractivity contribution in [2.75, 3.05) is 13.6 Å². The van der Waals surface area contributed by atoms with Gasteiger partial charge in [0.1, 0.15) is 0 Å². The second-order valence-corrected chi connectivity index (χ2v) is 3.38. The van der Waals surface area contributed by atoms with Gasteiger partial charge in [0.2, 0.25) is 0 Å². The molecule has 64 valence electrons. The SMILES string of the molecule is C/C1=N\N(C)CCCCCC1. The highest BCUT2D eigenvalue weighted by molar-refractivity contribution is 5.81. The number of hydrogen-bond acceptors (Lipinski definition) is 2. The van der Waals surface area contributed by atoms with Crippen molar-refractivity contribution in [3.05, 3.63) is 0 Å². The Morgan fingerprint density at radius 3 is 2.73 bits per heavy atom. The third kappa shape index (κ3) is 3.40. The smallest absolute Gasteiger partial charge is 0.0356 e. The molecule has 0 aromatic heterocycles. The highest BCUT2D eigenvalue weighted by Crippen LogP contribution is 2.08. The van der Waals surface area contributed by atoms with Gasteiger partial charge in [0.05, 0.1) is 0 Å². The molecule has 2 nitrogen and oxygen atoms in total. The lowest BCUT2D eigenvalue weighted by Crippen LogP contribution is -2.13. The van der Waals surface area contributed by atoms with Crippen molar-refractivity contribution < 1.29 is 0 Å². The molecular weight excluding hydrogens is 136 g/mol. The van der Waals surface area contributed by atoms with E-state index in [0.29, 0.717) is 0 Å². The minimum atomic E-state index is 1.12. The van der Waals surface area contributed by atoms with E-state index in [2.05, 4.69) is 24.1 Å². The molecule has 0 amide bonds. The molecular formula is C9H18N2. The van der Waals surface area contributed by atoms with Crippen LogP contribution in [0.1, 0.15) is 39.0 Å². The lowest BCUT2D eigenvalue weighted by atomic mass is 10.1. The summed E-state index contributed by atoms with van der Waals surface area (Å²) in [6, 6.07) is 0. The van der Waals surface area contributed by atoms with E-state index < -0.39 is 0 Å². The standard InChI is InChI=1S/C9H18N2/c1-9-7-5-3-4-6-8-11(2)10-9/h3-8H2,1-2H3/b10-9+. The Morgan fingerprint density at radius 1 is 1.18 bits per heavy atom. The fourth-order valence-electron chi connectivity index (χ4n) is 1.47. The quantitative estimate of drug-likeness (QED) is 0.522. The summed E-state index contributed by atoms with van der Waals surface area (Å²) in [5.74, 6) is 0. The minimum absolute atomic E-state index is 1.12. The molecule has 0 radical (unpaired) electrons. The largest absolute Gasteiger partial charge is 0.300 e. The van der Waals surface area contributed by atoms with Gasteiger partial charge in [0.15, 0.2) is 0 Å². The first-order chi connectivity index (χ1) is 5.29. The van der Waals surface area contributed by atoms with E-state index in [1.165, 1.54) is 37.8 Å². The van der Waals surface area contributed by atoms with Crippen LogP contribution in [-0.2, 0) is 0 Å². The highest BCUT2D eigenvalue weighted by Gasteiger charge is 2.00. The second-order valence-electron chi connectivity index (χ2n) is 3.38. The lowest BCUT2D eigenvalue weighted by Gasteiger charge is -2.11. The third-order valence-electron chi connectivity index (χ3n) is 2.11. The Hall–Kier alpha value is -0.530. The summed E-state index contributed by atoms with van der Waals surface area (Å²) >= 11 is 0. The molecule has 0 aromatic carbocycles. The average Bonchev–Trinajstić information content (AvgIpc) is 2.02. The van der Waals surface area contributed by atoms with Crippen LogP contribution in [-0.4, -0.2) is 24.3 Å². The normalized spacial score (nSPS) is 26.4. The van der Waals surface area contributed by atoms with E-state index in [1.807, 2.05) is 0 Å². The number of hydrazone groups is 1. The van der Waals surface area contributed by atoms with Crippen LogP contribution in [0.4, 0.5) is 0 Å². The van der Waals surface area contributed by atoms with Gasteiger partial charge in [0.25, 0.3) is 0 Å². The zero-order valence-electron chi connectivity index (χ0n) is 7.64. The first kappa shape index (κ1) is 8.57. The van der Waals surface area contributed by atoms with Crippen LogP contribution < -0.4 is 0 Å². The van der Waals surface area contributed by atoms with Crippen LogP contribution in [0.25, 0.3) is 0 Å². The summed E-state index contributed by atoms with van der Waals surface area (Å²) < 4.78 is 0. The van der Waals surface area contributed by atoms with Crippen molar-refractivity contribution in [2.45, 2.75) is 39.0 Å². The molecule has 0 saturated heterocycles. The second kappa shape index (κ2) is 4.37. The molecule has 0 aromatic rings. The predicted molar refractivity (Wildman–Crippen MR) is 48.8 cm³/mol. The maximum atomic E-state index is 4.45. The Morgan fingerprint density at radius 2 is 1.91 bits per heavy atom. The molecule has 0 N–H and O–H groups in total. The molecule has 0 unspecified atom stereocenters. The molecule has 0 bridgehead atoms.